The molecule has 0 fully saturated rings. The highest BCUT2D eigenvalue weighted by Gasteiger charge is 2.23. The molecule has 2 amide bonds. The predicted octanol–water partition coefficient (Wildman–Crippen LogP) is 8.27. The van der Waals surface area contributed by atoms with Crippen molar-refractivity contribution in [2.75, 3.05) is 17.6 Å². The number of hydrogen-bond donors (Lipinski definition) is 3. The van der Waals surface area contributed by atoms with Crippen LogP contribution in [0.3, 0.4) is 0 Å². The first-order valence-corrected chi connectivity index (χ1v) is 17.4. The Kier molecular flexibility index (Phi) is 11.4. The molecular weight excluding hydrogens is 632 g/mol. The largest absolute Gasteiger partial charge is 0.351 e. The number of nitrogens with one attached hydrogen (secondary N) is 2. The van der Waals surface area contributed by atoms with Gasteiger partial charge in [0.05, 0.1) is 22.4 Å². The monoisotopic (exact) mass is 672 g/mol. The second-order valence-electron chi connectivity index (χ2n) is 12.9. The Labute approximate surface area is 282 Å². The Bertz CT molecular complexity index is 1880. The Morgan fingerprint density at radius 3 is 2.19 bits per heavy atom. The molecule has 0 aromatic heterocycles. The van der Waals surface area contributed by atoms with Crippen molar-refractivity contribution in [3.8, 4) is 11.1 Å². The van der Waals surface area contributed by atoms with E-state index in [-0.39, 0.29) is 17.9 Å². The first-order chi connectivity index (χ1) is 22.1. The van der Waals surface area contributed by atoms with Crippen molar-refractivity contribution >= 4 is 45.3 Å². The second-order valence-corrected chi connectivity index (χ2v) is 14.8. The summed E-state index contributed by atoms with van der Waals surface area (Å²) in [6, 6.07) is 26.5. The number of halogens is 1. The smallest absolute Gasteiger partial charge is 0.266 e. The van der Waals surface area contributed by atoms with Crippen LogP contribution in [0.2, 0.25) is 5.02 Å². The van der Waals surface area contributed by atoms with E-state index in [1.807, 2.05) is 42.5 Å². The summed E-state index contributed by atoms with van der Waals surface area (Å²) in [6.45, 7) is 10.3. The van der Waals surface area contributed by atoms with E-state index in [9.17, 15) is 18.0 Å². The van der Waals surface area contributed by atoms with E-state index in [1.54, 1.807) is 24.3 Å². The Hall–Kier alpha value is -4.24. The third-order valence-corrected chi connectivity index (χ3v) is 8.69. The number of carbonyl (C=O) groups excluding carboxylic acids is 2. The van der Waals surface area contributed by atoms with Crippen LogP contribution in [0.4, 0.5) is 5.69 Å². The highest BCUT2D eigenvalue weighted by Crippen LogP contribution is 2.32. The Balaban J connectivity index is 1.57. The van der Waals surface area contributed by atoms with E-state index >= 15 is 0 Å². The molecule has 0 radical (unpaired) electrons. The zero-order valence-corrected chi connectivity index (χ0v) is 28.9. The van der Waals surface area contributed by atoms with Crippen molar-refractivity contribution in [1.82, 2.24) is 5.32 Å². The van der Waals surface area contributed by atoms with Gasteiger partial charge >= 0.3 is 0 Å². The molecule has 0 bridgehead atoms. The summed E-state index contributed by atoms with van der Waals surface area (Å²) < 4.78 is 30.8. The maximum absolute atomic E-state index is 13.9. The maximum Gasteiger partial charge on any atom is 0.266 e. The number of allylic oxidation sites excluding steroid dienone is 1. The van der Waals surface area contributed by atoms with Crippen molar-refractivity contribution in [3.63, 3.8) is 0 Å². The van der Waals surface area contributed by atoms with Crippen LogP contribution in [0.25, 0.3) is 17.2 Å². The molecule has 7 nitrogen and oxygen atoms in total. The summed E-state index contributed by atoms with van der Waals surface area (Å²) >= 11 is 6.71. The molecule has 4 aromatic rings. The number of aryl methyl sites for hydroxylation is 2. The van der Waals surface area contributed by atoms with Crippen LogP contribution >= 0.6 is 11.6 Å². The SMILES string of the molecule is Cc1ccc(-c2ccc(NC(=O)C(Cc3ccc(C(=O)NCCS(=O)(=O)O)cc3)c3ccc(C=CC(C)(C)C)cc3)c(Cl)c2)c(C)c1. The minimum absolute atomic E-state index is 0.0354. The molecule has 0 aliphatic heterocycles. The van der Waals surface area contributed by atoms with Crippen LogP contribution in [0.1, 0.15) is 64.9 Å². The van der Waals surface area contributed by atoms with Crippen LogP contribution in [-0.4, -0.2) is 37.1 Å². The summed E-state index contributed by atoms with van der Waals surface area (Å²) in [6.07, 6.45) is 4.55. The zero-order valence-electron chi connectivity index (χ0n) is 27.3. The van der Waals surface area contributed by atoms with Gasteiger partial charge in [-0.3, -0.25) is 14.1 Å². The van der Waals surface area contributed by atoms with Crippen LogP contribution in [0.15, 0.2) is 91.0 Å². The van der Waals surface area contributed by atoms with Gasteiger partial charge in [0.1, 0.15) is 0 Å². The van der Waals surface area contributed by atoms with Crippen LogP contribution in [0, 0.1) is 19.3 Å². The molecule has 0 saturated heterocycles. The van der Waals surface area contributed by atoms with Crippen molar-refractivity contribution in [1.29, 1.82) is 0 Å². The number of carbonyl (C=O) groups is 2. The van der Waals surface area contributed by atoms with Gasteiger partial charge in [0.2, 0.25) is 5.91 Å². The fourth-order valence-electron chi connectivity index (χ4n) is 5.11. The molecule has 47 heavy (non-hydrogen) atoms. The zero-order chi connectivity index (χ0) is 34.4. The molecule has 3 N–H and O–H groups in total. The van der Waals surface area contributed by atoms with Crippen molar-refractivity contribution in [2.24, 2.45) is 5.41 Å². The summed E-state index contributed by atoms with van der Waals surface area (Å²) in [5, 5.41) is 5.95. The van der Waals surface area contributed by atoms with E-state index in [2.05, 4.69) is 75.6 Å². The van der Waals surface area contributed by atoms with E-state index < -0.39 is 27.7 Å². The number of anilines is 1. The molecule has 9 heteroatoms. The van der Waals surface area contributed by atoms with Gasteiger partial charge in [0.25, 0.3) is 16.0 Å². The van der Waals surface area contributed by atoms with Crippen molar-refractivity contribution < 1.29 is 22.6 Å². The second kappa shape index (κ2) is 15.1. The van der Waals surface area contributed by atoms with E-state index in [4.69, 9.17) is 16.2 Å². The average molecular weight is 673 g/mol. The average Bonchev–Trinajstić information content (AvgIpc) is 2.99. The quantitative estimate of drug-likeness (QED) is 0.139. The molecule has 4 rings (SSSR count). The van der Waals surface area contributed by atoms with Crippen LogP contribution in [-0.2, 0) is 21.3 Å². The molecule has 0 aliphatic rings. The highest BCUT2D eigenvalue weighted by molar-refractivity contribution is 7.85. The summed E-state index contributed by atoms with van der Waals surface area (Å²) in [5.41, 5.74) is 7.91. The normalized spacial score (nSPS) is 12.6. The number of rotatable bonds is 11. The lowest BCUT2D eigenvalue weighted by atomic mass is 9.89. The lowest BCUT2D eigenvalue weighted by molar-refractivity contribution is -0.117. The van der Waals surface area contributed by atoms with Gasteiger partial charge in [-0.2, -0.15) is 8.42 Å². The molecule has 246 valence electrons. The number of benzene rings is 4. The minimum atomic E-state index is -4.18. The summed E-state index contributed by atoms with van der Waals surface area (Å²) in [7, 11) is -4.18. The molecule has 1 unspecified atom stereocenters. The fourth-order valence-corrected chi connectivity index (χ4v) is 5.70. The molecule has 4 aromatic carbocycles. The molecule has 0 heterocycles. The highest BCUT2D eigenvalue weighted by atomic mass is 35.5. The Morgan fingerprint density at radius 2 is 1.60 bits per heavy atom. The van der Waals surface area contributed by atoms with Gasteiger partial charge in [-0.25, -0.2) is 0 Å². The first kappa shape index (κ1) is 35.6. The first-order valence-electron chi connectivity index (χ1n) is 15.4. The van der Waals surface area contributed by atoms with Gasteiger partial charge in [-0.1, -0.05) is 111 Å². The summed E-state index contributed by atoms with van der Waals surface area (Å²) in [5.74, 6) is -1.83. The third kappa shape index (κ3) is 10.6. The molecule has 0 spiro atoms. The van der Waals surface area contributed by atoms with Crippen molar-refractivity contribution in [3.05, 3.63) is 129 Å². The lowest BCUT2D eigenvalue weighted by Crippen LogP contribution is -2.28. The lowest BCUT2D eigenvalue weighted by Gasteiger charge is -2.19. The van der Waals surface area contributed by atoms with Crippen LogP contribution in [0.5, 0.6) is 0 Å². The number of hydrogen-bond acceptors (Lipinski definition) is 4. The van der Waals surface area contributed by atoms with E-state index in [1.165, 1.54) is 5.56 Å². The predicted molar refractivity (Wildman–Crippen MR) is 192 cm³/mol. The van der Waals surface area contributed by atoms with Gasteiger partial charge < -0.3 is 10.6 Å². The van der Waals surface area contributed by atoms with Crippen LogP contribution < -0.4 is 10.6 Å². The van der Waals surface area contributed by atoms with E-state index in [0.29, 0.717) is 22.7 Å². The van der Waals surface area contributed by atoms with Gasteiger partial charge in [-0.05, 0) is 83.3 Å². The topological polar surface area (TPSA) is 113 Å². The third-order valence-electron chi connectivity index (χ3n) is 7.65. The Morgan fingerprint density at radius 1 is 0.915 bits per heavy atom. The molecule has 0 aliphatic carbocycles. The fraction of sp³-hybridized carbons (Fsp3) is 0.263. The van der Waals surface area contributed by atoms with Gasteiger partial charge in [0, 0.05) is 12.1 Å². The van der Waals surface area contributed by atoms with E-state index in [0.717, 1.165) is 33.4 Å². The van der Waals surface area contributed by atoms with Crippen molar-refractivity contribution in [2.45, 2.75) is 47.0 Å². The molecular formula is C38H41ClN2O5S. The summed E-state index contributed by atoms with van der Waals surface area (Å²) in [4.78, 5) is 26.4. The standard InChI is InChI=1S/C38H41ClN2O5S/c1-25-6-16-32(26(2)22-25)31-15-17-35(34(39)24-31)41-37(43)33(29-11-7-27(8-12-29)18-19-38(3,4)5)23-28-9-13-30(14-10-28)36(42)40-20-21-47(44,45)46/h6-19,22,24,33H,20-21,23H2,1-5H3,(H,40,42)(H,41,43)(H,44,45,46). The number of amides is 2. The molecule has 1 atom stereocenters. The minimum Gasteiger partial charge on any atom is -0.351 e. The van der Waals surface area contributed by atoms with Gasteiger partial charge in [0.15, 0.2) is 0 Å². The van der Waals surface area contributed by atoms with Gasteiger partial charge in [-0.15, -0.1) is 0 Å². The maximum atomic E-state index is 13.9. The molecule has 0 saturated carbocycles.